The van der Waals surface area contributed by atoms with Crippen LogP contribution in [0.15, 0.2) is 11.6 Å². The Morgan fingerprint density at radius 2 is 1.89 bits per heavy atom. The quantitative estimate of drug-likeness (QED) is 0.396. The number of hydrogen-bond acceptors (Lipinski definition) is 8. The molecule has 5 aliphatic rings. The average Bonchev–Trinajstić information content (AvgIpc) is 2.92. The van der Waals surface area contributed by atoms with E-state index in [0.717, 1.165) is 0 Å². The van der Waals surface area contributed by atoms with E-state index in [9.17, 15) is 30.0 Å². The Kier molecular flexibility index (Phi) is 3.37. The molecule has 2 bridgehead atoms. The molecule has 3 aliphatic carbocycles. The van der Waals surface area contributed by atoms with Crippen molar-refractivity contribution in [1.29, 1.82) is 0 Å². The summed E-state index contributed by atoms with van der Waals surface area (Å²) in [6, 6.07) is 0. The van der Waals surface area contributed by atoms with Crippen molar-refractivity contribution >= 4 is 11.8 Å². The molecule has 8 nitrogen and oxygen atoms in total. The van der Waals surface area contributed by atoms with Crippen LogP contribution < -0.4 is 0 Å². The second kappa shape index (κ2) is 5.05. The number of carbonyl (C=O) groups is 2. The largest absolute Gasteiger partial charge is 0.462 e. The van der Waals surface area contributed by atoms with Crippen LogP contribution in [0, 0.1) is 28.6 Å². The zero-order valence-corrected chi connectivity index (χ0v) is 16.1. The summed E-state index contributed by atoms with van der Waals surface area (Å²) < 4.78 is 11.5. The molecule has 10 atom stereocenters. The molecular weight excluding hydrogens is 368 g/mol. The number of hydrogen-bond donors (Lipinski definition) is 4. The SMILES string of the molecule is CC1=CC(=O)[C@@H](O)[C@]2(C)[C@H]3[C@@]4(O)OC[C@@]35[C@@H](C[C@@]12O)OC(=O)C[C@H]5[C@@H](C)[C@H]4O. The van der Waals surface area contributed by atoms with E-state index in [2.05, 4.69) is 0 Å². The number of ether oxygens (including phenoxy) is 2. The van der Waals surface area contributed by atoms with Gasteiger partial charge >= 0.3 is 5.97 Å². The minimum absolute atomic E-state index is 0.00281. The fourth-order valence-corrected chi connectivity index (χ4v) is 7.47. The molecule has 0 aromatic carbocycles. The zero-order chi connectivity index (χ0) is 20.4. The highest BCUT2D eigenvalue weighted by Gasteiger charge is 2.84. The molecule has 0 radical (unpaired) electrons. The summed E-state index contributed by atoms with van der Waals surface area (Å²) in [5, 5.41) is 45.2. The van der Waals surface area contributed by atoms with Crippen LogP contribution in [0.4, 0.5) is 0 Å². The van der Waals surface area contributed by atoms with Crippen molar-refractivity contribution in [1.82, 2.24) is 0 Å². The topological polar surface area (TPSA) is 134 Å². The number of carbonyl (C=O) groups excluding carboxylic acids is 2. The highest BCUT2D eigenvalue weighted by atomic mass is 16.6. The summed E-state index contributed by atoms with van der Waals surface area (Å²) >= 11 is 0. The Morgan fingerprint density at radius 3 is 2.57 bits per heavy atom. The van der Waals surface area contributed by atoms with Gasteiger partial charge in [0.25, 0.3) is 0 Å². The molecule has 28 heavy (non-hydrogen) atoms. The predicted molar refractivity (Wildman–Crippen MR) is 92.4 cm³/mol. The second-order valence-electron chi connectivity index (χ2n) is 9.66. The third-order valence-electron chi connectivity index (χ3n) is 8.83. The Hall–Kier alpha value is -1.32. The molecule has 0 unspecified atom stereocenters. The maximum absolute atomic E-state index is 12.6. The standard InChI is InChI=1S/C20H26O8/c1-8-4-11(21)15(24)17(3)16-18-7-27-20(16,26)14(23)9(2)10(18)5-13(22)28-12(18)6-19(8,17)25/h4,9-10,12,14-16,23-26H,5-7H2,1-3H3/t9-,10+,12-,14-,15-,16-,17-,18-,19-,20+/m1/s1. The molecule has 2 saturated carbocycles. The van der Waals surface area contributed by atoms with Crippen molar-refractivity contribution in [3.05, 3.63) is 11.6 Å². The fraction of sp³-hybridized carbons (Fsp3) is 0.800. The van der Waals surface area contributed by atoms with Gasteiger partial charge < -0.3 is 29.9 Å². The highest BCUT2D eigenvalue weighted by molar-refractivity contribution is 5.96. The summed E-state index contributed by atoms with van der Waals surface area (Å²) in [6.45, 7) is 4.95. The van der Waals surface area contributed by atoms with Gasteiger partial charge in [0.05, 0.1) is 12.2 Å². The summed E-state index contributed by atoms with van der Waals surface area (Å²) in [5.74, 6) is -4.86. The van der Waals surface area contributed by atoms with Crippen LogP contribution in [-0.2, 0) is 19.1 Å². The molecule has 8 heteroatoms. The predicted octanol–water partition coefficient (Wildman–Crippen LogP) is -0.719. The highest BCUT2D eigenvalue weighted by Crippen LogP contribution is 2.74. The molecule has 1 spiro atoms. The number of rotatable bonds is 0. The maximum atomic E-state index is 12.6. The average molecular weight is 394 g/mol. The van der Waals surface area contributed by atoms with Gasteiger partial charge in [-0.2, -0.15) is 0 Å². The monoisotopic (exact) mass is 394 g/mol. The minimum Gasteiger partial charge on any atom is -0.462 e. The molecule has 2 heterocycles. The summed E-state index contributed by atoms with van der Waals surface area (Å²) in [7, 11) is 0. The van der Waals surface area contributed by atoms with Crippen molar-refractivity contribution in [3.63, 3.8) is 0 Å². The van der Waals surface area contributed by atoms with Crippen LogP contribution in [0.5, 0.6) is 0 Å². The number of aliphatic hydroxyl groups excluding tert-OH is 2. The molecule has 0 amide bonds. The molecule has 5 rings (SSSR count). The molecule has 154 valence electrons. The summed E-state index contributed by atoms with van der Waals surface area (Å²) in [4.78, 5) is 24.9. The van der Waals surface area contributed by atoms with Gasteiger partial charge in [-0.3, -0.25) is 9.59 Å². The van der Waals surface area contributed by atoms with E-state index >= 15 is 0 Å². The van der Waals surface area contributed by atoms with Gasteiger partial charge in [-0.05, 0) is 30.4 Å². The Bertz CT molecular complexity index is 823. The van der Waals surface area contributed by atoms with E-state index in [4.69, 9.17) is 9.47 Å². The van der Waals surface area contributed by atoms with Gasteiger partial charge in [0.1, 0.15) is 18.3 Å². The van der Waals surface area contributed by atoms with Crippen molar-refractivity contribution in [2.45, 2.75) is 63.3 Å². The van der Waals surface area contributed by atoms with E-state index in [-0.39, 0.29) is 25.4 Å². The van der Waals surface area contributed by atoms with Crippen LogP contribution in [0.25, 0.3) is 0 Å². The van der Waals surface area contributed by atoms with Gasteiger partial charge in [-0.1, -0.05) is 13.8 Å². The lowest BCUT2D eigenvalue weighted by Gasteiger charge is -2.69. The van der Waals surface area contributed by atoms with E-state index in [1.807, 2.05) is 0 Å². The van der Waals surface area contributed by atoms with Crippen molar-refractivity contribution in [3.8, 4) is 0 Å². The molecular formula is C20H26O8. The van der Waals surface area contributed by atoms with Crippen LogP contribution in [0.2, 0.25) is 0 Å². The normalized spacial score (nSPS) is 59.9. The molecule has 4 fully saturated rings. The van der Waals surface area contributed by atoms with E-state index in [1.54, 1.807) is 20.8 Å². The third-order valence-corrected chi connectivity index (χ3v) is 8.83. The van der Waals surface area contributed by atoms with Crippen LogP contribution in [0.1, 0.15) is 33.6 Å². The van der Waals surface area contributed by atoms with Gasteiger partial charge in [-0.25, -0.2) is 0 Å². The van der Waals surface area contributed by atoms with Crippen molar-refractivity contribution < 1.29 is 39.5 Å². The number of ketones is 1. The smallest absolute Gasteiger partial charge is 0.306 e. The van der Waals surface area contributed by atoms with Crippen LogP contribution in [0.3, 0.4) is 0 Å². The fourth-order valence-electron chi connectivity index (χ4n) is 7.47. The van der Waals surface area contributed by atoms with Crippen LogP contribution >= 0.6 is 0 Å². The Labute approximate surface area is 162 Å². The summed E-state index contributed by atoms with van der Waals surface area (Å²) in [5.41, 5.74) is -3.78. The van der Waals surface area contributed by atoms with E-state index < -0.39 is 64.1 Å². The van der Waals surface area contributed by atoms with Gasteiger partial charge in [-0.15, -0.1) is 0 Å². The first-order chi connectivity index (χ1) is 12.9. The first kappa shape index (κ1) is 18.7. The third kappa shape index (κ3) is 1.65. The Morgan fingerprint density at radius 1 is 1.21 bits per heavy atom. The van der Waals surface area contributed by atoms with Gasteiger partial charge in [0.2, 0.25) is 0 Å². The van der Waals surface area contributed by atoms with E-state index in [1.165, 1.54) is 6.08 Å². The number of esters is 1. The first-order valence-electron chi connectivity index (χ1n) is 9.81. The maximum Gasteiger partial charge on any atom is 0.306 e. The van der Waals surface area contributed by atoms with Gasteiger partial charge in [0.15, 0.2) is 11.6 Å². The van der Waals surface area contributed by atoms with Gasteiger partial charge in [0, 0.05) is 29.6 Å². The lowest BCUT2D eigenvalue weighted by molar-refractivity contribution is -0.350. The summed E-state index contributed by atoms with van der Waals surface area (Å²) in [6.07, 6.45) is -2.42. The van der Waals surface area contributed by atoms with Crippen LogP contribution in [-0.4, -0.2) is 68.5 Å². The second-order valence-corrected chi connectivity index (χ2v) is 9.66. The van der Waals surface area contributed by atoms with E-state index in [0.29, 0.717) is 5.57 Å². The number of aliphatic hydroxyl groups is 4. The lowest BCUT2D eigenvalue weighted by atomic mass is 9.37. The molecule has 2 saturated heterocycles. The minimum atomic E-state index is -2.07. The molecule has 0 aromatic rings. The molecule has 4 N–H and O–H groups in total. The molecule has 2 aliphatic heterocycles. The molecule has 0 aromatic heterocycles. The van der Waals surface area contributed by atoms with Crippen molar-refractivity contribution in [2.24, 2.45) is 28.6 Å². The first-order valence-corrected chi connectivity index (χ1v) is 9.81. The lowest BCUT2D eigenvalue weighted by Crippen LogP contribution is -2.80. The number of fused-ring (bicyclic) bond motifs is 1. The zero-order valence-electron chi connectivity index (χ0n) is 16.1. The Balaban J connectivity index is 1.82. The van der Waals surface area contributed by atoms with Crippen molar-refractivity contribution in [2.75, 3.05) is 6.61 Å².